The van der Waals surface area contributed by atoms with Crippen molar-refractivity contribution in [1.29, 1.82) is 0 Å². The number of hydrogen-bond acceptors (Lipinski definition) is 5. The number of carbonyl (C=O) groups is 2. The van der Waals surface area contributed by atoms with E-state index < -0.39 is 24.4 Å². The van der Waals surface area contributed by atoms with Crippen molar-refractivity contribution < 1.29 is 24.5 Å². The Hall–Kier alpha value is -2.12. The minimum absolute atomic E-state index is 0.397. The zero-order chi connectivity index (χ0) is 21.9. The molecule has 3 aliphatic rings. The number of benzene rings is 1. The van der Waals surface area contributed by atoms with Crippen LogP contribution in [0.15, 0.2) is 18.2 Å². The van der Waals surface area contributed by atoms with Gasteiger partial charge < -0.3 is 25.2 Å². The normalized spacial score (nSPS) is 28.2. The van der Waals surface area contributed by atoms with Gasteiger partial charge in [-0.1, -0.05) is 18.9 Å². The average molecular weight is 419 g/mol. The highest BCUT2D eigenvalue weighted by Gasteiger charge is 2.53. The molecule has 30 heavy (non-hydrogen) atoms. The van der Waals surface area contributed by atoms with Crippen LogP contribution in [0.4, 0.5) is 0 Å². The molecule has 1 saturated heterocycles. The zero-order valence-corrected chi connectivity index (χ0v) is 18.2. The quantitative estimate of drug-likeness (QED) is 0.676. The standard InChI is InChI=1S/C18H25NO.C5H9NO4/c1-19-10-9-18-8-4-3-5-15(18)17(19)11-13-6-7-14(20-2)12-16(13)18;1-6-3(5(9)10)2-4(7)8/h6-7,12,15,17H,3-5,8-11H2,1-2H3;3,6H,2H2,1H3,(H,7,8)(H,9,10)/t15-,17+,18+;3-/m11/s1. The summed E-state index contributed by atoms with van der Waals surface area (Å²) in [4.78, 5) is 22.7. The maximum absolute atomic E-state index is 10.1. The summed E-state index contributed by atoms with van der Waals surface area (Å²) in [5.41, 5.74) is 3.67. The van der Waals surface area contributed by atoms with Crippen LogP contribution < -0.4 is 10.1 Å². The van der Waals surface area contributed by atoms with Crippen molar-refractivity contribution in [2.24, 2.45) is 5.92 Å². The lowest BCUT2D eigenvalue weighted by Crippen LogP contribution is -2.59. The molecule has 1 saturated carbocycles. The number of hydrogen-bond donors (Lipinski definition) is 3. The molecule has 2 fully saturated rings. The molecule has 4 atom stereocenters. The van der Waals surface area contributed by atoms with Crippen LogP contribution in [-0.2, 0) is 21.4 Å². The largest absolute Gasteiger partial charge is 0.497 e. The molecule has 0 aromatic heterocycles. The number of aliphatic carboxylic acids is 2. The summed E-state index contributed by atoms with van der Waals surface area (Å²) < 4.78 is 5.51. The third kappa shape index (κ3) is 4.32. The van der Waals surface area contributed by atoms with Crippen molar-refractivity contribution in [2.45, 2.75) is 62.4 Å². The van der Waals surface area contributed by atoms with Crippen molar-refractivity contribution >= 4 is 11.9 Å². The van der Waals surface area contributed by atoms with Gasteiger partial charge in [0.15, 0.2) is 0 Å². The predicted octanol–water partition coefficient (Wildman–Crippen LogP) is 2.52. The van der Waals surface area contributed by atoms with E-state index in [1.807, 2.05) is 0 Å². The van der Waals surface area contributed by atoms with Gasteiger partial charge in [-0.05, 0) is 75.5 Å². The molecule has 166 valence electrons. The van der Waals surface area contributed by atoms with Crippen LogP contribution in [0.3, 0.4) is 0 Å². The summed E-state index contributed by atoms with van der Waals surface area (Å²) in [5, 5.41) is 18.8. The monoisotopic (exact) mass is 418 g/mol. The molecular weight excluding hydrogens is 384 g/mol. The second kappa shape index (κ2) is 9.35. The molecule has 0 amide bonds. The lowest BCUT2D eigenvalue weighted by Gasteiger charge is -2.58. The lowest BCUT2D eigenvalue weighted by atomic mass is 9.52. The molecule has 1 aliphatic heterocycles. The maximum Gasteiger partial charge on any atom is 0.321 e. The third-order valence-electron chi connectivity index (χ3n) is 7.35. The minimum atomic E-state index is -1.15. The van der Waals surface area contributed by atoms with Crippen LogP contribution in [0.5, 0.6) is 5.75 Å². The highest BCUT2D eigenvalue weighted by atomic mass is 16.5. The first-order chi connectivity index (χ1) is 14.3. The number of fused-ring (bicyclic) bond motifs is 1. The second-order valence-electron chi connectivity index (χ2n) is 8.81. The number of likely N-dealkylation sites (tertiary alicyclic amines) is 1. The topological polar surface area (TPSA) is 99.1 Å². The molecule has 0 radical (unpaired) electrons. The number of nitrogens with one attached hydrogen (secondary N) is 1. The zero-order valence-electron chi connectivity index (χ0n) is 18.2. The molecule has 2 aliphatic carbocycles. The van der Waals surface area contributed by atoms with Gasteiger partial charge in [0.05, 0.1) is 13.5 Å². The fraction of sp³-hybridized carbons (Fsp3) is 0.652. The number of rotatable bonds is 5. The number of methoxy groups -OCH3 is 1. The van der Waals surface area contributed by atoms with Gasteiger partial charge in [0.25, 0.3) is 0 Å². The highest BCUT2D eigenvalue weighted by Crippen LogP contribution is 2.55. The first-order valence-electron chi connectivity index (χ1n) is 10.8. The number of nitrogens with zero attached hydrogens (tertiary/aromatic N) is 1. The van der Waals surface area contributed by atoms with Gasteiger partial charge in [0.2, 0.25) is 0 Å². The van der Waals surface area contributed by atoms with Gasteiger partial charge in [0.1, 0.15) is 11.8 Å². The number of piperidine rings is 1. The molecule has 7 nitrogen and oxygen atoms in total. The van der Waals surface area contributed by atoms with Crippen molar-refractivity contribution in [3.63, 3.8) is 0 Å². The number of likely N-dealkylation sites (N-methyl/N-ethyl adjacent to an activating group) is 2. The summed E-state index contributed by atoms with van der Waals surface area (Å²) in [6.07, 6.45) is 7.83. The summed E-state index contributed by atoms with van der Waals surface area (Å²) >= 11 is 0. The molecule has 2 bridgehead atoms. The van der Waals surface area contributed by atoms with Crippen LogP contribution in [0.1, 0.15) is 49.7 Å². The third-order valence-corrected chi connectivity index (χ3v) is 7.35. The fourth-order valence-corrected chi connectivity index (χ4v) is 5.79. The average Bonchev–Trinajstić information content (AvgIpc) is 2.74. The van der Waals surface area contributed by atoms with Crippen LogP contribution in [0.25, 0.3) is 0 Å². The van der Waals surface area contributed by atoms with E-state index in [9.17, 15) is 9.59 Å². The molecule has 1 heterocycles. The Kier molecular flexibility index (Phi) is 7.03. The van der Waals surface area contributed by atoms with E-state index in [1.54, 1.807) is 18.2 Å². The lowest BCUT2D eigenvalue weighted by molar-refractivity contribution is -0.145. The maximum atomic E-state index is 10.1. The molecule has 0 spiro atoms. The molecule has 1 aromatic rings. The van der Waals surface area contributed by atoms with Crippen LogP contribution >= 0.6 is 0 Å². The Bertz CT molecular complexity index is 783. The van der Waals surface area contributed by atoms with E-state index in [0.717, 1.165) is 17.7 Å². The first kappa shape index (κ1) is 22.6. The summed E-state index contributed by atoms with van der Waals surface area (Å²) in [7, 11) is 5.53. The van der Waals surface area contributed by atoms with E-state index in [2.05, 4.69) is 35.5 Å². The van der Waals surface area contributed by atoms with Crippen molar-refractivity contribution in [3.8, 4) is 5.75 Å². The molecule has 3 N–H and O–H groups in total. The van der Waals surface area contributed by atoms with Crippen LogP contribution in [-0.4, -0.2) is 66.9 Å². The Morgan fingerprint density at radius 1 is 1.30 bits per heavy atom. The van der Waals surface area contributed by atoms with E-state index in [-0.39, 0.29) is 0 Å². The van der Waals surface area contributed by atoms with E-state index in [4.69, 9.17) is 14.9 Å². The van der Waals surface area contributed by atoms with Crippen LogP contribution in [0, 0.1) is 5.92 Å². The van der Waals surface area contributed by atoms with Crippen LogP contribution in [0.2, 0.25) is 0 Å². The smallest absolute Gasteiger partial charge is 0.321 e. The Balaban J connectivity index is 0.000000220. The van der Waals surface area contributed by atoms with Gasteiger partial charge in [-0.25, -0.2) is 0 Å². The first-order valence-corrected chi connectivity index (χ1v) is 10.8. The Morgan fingerprint density at radius 2 is 2.07 bits per heavy atom. The van der Waals surface area contributed by atoms with Gasteiger partial charge in [-0.15, -0.1) is 0 Å². The second-order valence-corrected chi connectivity index (χ2v) is 8.81. The molecule has 7 heteroatoms. The Labute approximate surface area is 178 Å². The van der Waals surface area contributed by atoms with Crippen molar-refractivity contribution in [1.82, 2.24) is 10.2 Å². The predicted molar refractivity (Wildman–Crippen MR) is 114 cm³/mol. The van der Waals surface area contributed by atoms with E-state index >= 15 is 0 Å². The molecule has 0 unspecified atom stereocenters. The van der Waals surface area contributed by atoms with Gasteiger partial charge in [-0.2, -0.15) is 0 Å². The van der Waals surface area contributed by atoms with E-state index in [0.29, 0.717) is 5.41 Å². The van der Waals surface area contributed by atoms with Gasteiger partial charge in [-0.3, -0.25) is 9.59 Å². The SMILES string of the molecule is CN[C@H](CC(=O)O)C(=O)O.COc1ccc2c(c1)[C@]13CCCC[C@@H]1[C@H](C2)N(C)CC3. The molecular formula is C23H34N2O5. The van der Waals surface area contributed by atoms with Gasteiger partial charge in [0, 0.05) is 11.5 Å². The Morgan fingerprint density at radius 3 is 2.67 bits per heavy atom. The number of carboxylic acids is 2. The van der Waals surface area contributed by atoms with E-state index in [1.165, 1.54) is 52.1 Å². The van der Waals surface area contributed by atoms with Crippen molar-refractivity contribution in [2.75, 3.05) is 27.7 Å². The fourth-order valence-electron chi connectivity index (χ4n) is 5.79. The molecule has 4 rings (SSSR count). The number of carboxylic acid groups (broad SMARTS) is 2. The summed E-state index contributed by atoms with van der Waals surface area (Å²) in [5.74, 6) is -0.360. The van der Waals surface area contributed by atoms with Crippen molar-refractivity contribution in [3.05, 3.63) is 29.3 Å². The summed E-state index contributed by atoms with van der Waals surface area (Å²) in [6.45, 7) is 1.26. The molecule has 1 aromatic carbocycles. The highest BCUT2D eigenvalue weighted by molar-refractivity contribution is 5.80. The summed E-state index contributed by atoms with van der Waals surface area (Å²) in [6, 6.07) is 6.61. The van der Waals surface area contributed by atoms with Gasteiger partial charge >= 0.3 is 11.9 Å². The number of ether oxygens (including phenoxy) is 1. The minimum Gasteiger partial charge on any atom is -0.497 e.